The zero-order valence-electron chi connectivity index (χ0n) is 5.02. The van der Waals surface area contributed by atoms with Crippen LogP contribution in [0.15, 0.2) is 0 Å². The summed E-state index contributed by atoms with van der Waals surface area (Å²) in [5.74, 6) is -0.874. The van der Waals surface area contributed by atoms with Gasteiger partial charge in [-0.05, 0) is 0 Å². The smallest absolute Gasteiger partial charge is 0.275 e. The van der Waals surface area contributed by atoms with E-state index in [1.807, 2.05) is 5.32 Å². The van der Waals surface area contributed by atoms with Gasteiger partial charge in [0.2, 0.25) is 5.91 Å². The predicted molar refractivity (Wildman–Crippen MR) is 33.8 cm³/mol. The highest BCUT2D eigenvalue weighted by atomic mass is 35.5. The molecule has 0 aromatic carbocycles. The second-order valence-electron chi connectivity index (χ2n) is 1.26. The van der Waals surface area contributed by atoms with Crippen LogP contribution in [0.2, 0.25) is 0 Å². The zero-order valence-corrected chi connectivity index (χ0v) is 5.77. The average molecular weight is 166 g/mol. The van der Waals surface area contributed by atoms with E-state index in [9.17, 15) is 9.59 Å². The summed E-state index contributed by atoms with van der Waals surface area (Å²) in [6, 6.07) is -0.791. The summed E-state index contributed by atoms with van der Waals surface area (Å²) in [5.41, 5.74) is 1.77. The highest BCUT2D eigenvalue weighted by Crippen LogP contribution is 1.73. The molecule has 6 heteroatoms. The molecule has 0 atom stereocenters. The van der Waals surface area contributed by atoms with Crippen LogP contribution in [-0.4, -0.2) is 17.8 Å². The number of imide groups is 1. The molecule has 0 saturated heterocycles. The zero-order chi connectivity index (χ0) is 7.98. The lowest BCUT2D eigenvalue weighted by atomic mass is 10.7. The molecule has 10 heavy (non-hydrogen) atoms. The Morgan fingerprint density at radius 3 is 2.60 bits per heavy atom. The van der Waals surface area contributed by atoms with Crippen LogP contribution in [0.1, 0.15) is 0 Å². The van der Waals surface area contributed by atoms with Gasteiger partial charge < -0.3 is 0 Å². The molecule has 2 N–H and O–H groups in total. The number of urea groups is 1. The van der Waals surface area contributed by atoms with Gasteiger partial charge in [-0.25, -0.2) is 10.3 Å². The third-order valence-corrected chi connectivity index (χ3v) is 0.782. The molecule has 0 rings (SSSR count). The van der Waals surface area contributed by atoms with E-state index >= 15 is 0 Å². The molecular weight excluding hydrogens is 160 g/mol. The summed E-state index contributed by atoms with van der Waals surface area (Å²) in [6.07, 6.45) is 0. The van der Waals surface area contributed by atoms with Gasteiger partial charge in [-0.3, -0.25) is 14.9 Å². The SMILES string of the molecule is [CH2]ONC(=O)NC(=O)CCl. The lowest BCUT2D eigenvalue weighted by molar-refractivity contribution is -0.117. The van der Waals surface area contributed by atoms with Gasteiger partial charge in [0.1, 0.15) is 13.0 Å². The first-order chi connectivity index (χ1) is 4.70. The van der Waals surface area contributed by atoms with Gasteiger partial charge in [0.15, 0.2) is 0 Å². The molecule has 0 aromatic heterocycles. The van der Waals surface area contributed by atoms with Crippen LogP contribution in [-0.2, 0) is 9.63 Å². The van der Waals surface area contributed by atoms with Gasteiger partial charge in [-0.15, -0.1) is 11.6 Å². The number of halogens is 1. The number of rotatable bonds is 2. The maximum atomic E-state index is 10.3. The van der Waals surface area contributed by atoms with Gasteiger partial charge in [0.05, 0.1) is 0 Å². The predicted octanol–water partition coefficient (Wildman–Crippen LogP) is -0.226. The van der Waals surface area contributed by atoms with Gasteiger partial charge >= 0.3 is 6.03 Å². The molecular formula is C4H6ClN2O3. The van der Waals surface area contributed by atoms with E-state index in [2.05, 4.69) is 11.9 Å². The normalized spacial score (nSPS) is 8.60. The number of alkyl halides is 1. The van der Waals surface area contributed by atoms with E-state index < -0.39 is 11.9 Å². The maximum absolute atomic E-state index is 10.3. The molecule has 0 aromatic rings. The molecule has 0 saturated carbocycles. The Kier molecular flexibility index (Phi) is 4.61. The van der Waals surface area contributed by atoms with E-state index in [0.717, 1.165) is 0 Å². The van der Waals surface area contributed by atoms with E-state index in [0.29, 0.717) is 0 Å². The monoisotopic (exact) mass is 165 g/mol. The third kappa shape index (κ3) is 4.11. The first-order valence-corrected chi connectivity index (χ1v) is 2.81. The fraction of sp³-hybridized carbons (Fsp3) is 0.250. The molecule has 57 valence electrons. The molecule has 0 bridgehead atoms. The Morgan fingerprint density at radius 2 is 2.20 bits per heavy atom. The van der Waals surface area contributed by atoms with Crippen molar-refractivity contribution in [2.24, 2.45) is 0 Å². The summed E-state index contributed by atoms with van der Waals surface area (Å²) in [4.78, 5) is 24.6. The van der Waals surface area contributed by atoms with Crippen LogP contribution in [0.4, 0.5) is 4.79 Å². The molecule has 0 unspecified atom stereocenters. The van der Waals surface area contributed by atoms with Gasteiger partial charge in [0, 0.05) is 0 Å². The quantitative estimate of drug-likeness (QED) is 0.439. The number of carbonyl (C=O) groups is 2. The minimum atomic E-state index is -0.791. The number of amides is 3. The second kappa shape index (κ2) is 5.01. The summed E-state index contributed by atoms with van der Waals surface area (Å²) >= 11 is 5.05. The topological polar surface area (TPSA) is 67.4 Å². The maximum Gasteiger partial charge on any atom is 0.345 e. The lowest BCUT2D eigenvalue weighted by Crippen LogP contribution is -2.39. The number of nitrogens with one attached hydrogen (secondary N) is 2. The third-order valence-electron chi connectivity index (χ3n) is 0.539. The van der Waals surface area contributed by atoms with Crippen LogP contribution >= 0.6 is 11.6 Å². The average Bonchev–Trinajstić information content (AvgIpc) is 1.88. The van der Waals surface area contributed by atoms with Crippen LogP contribution in [0.5, 0.6) is 0 Å². The van der Waals surface area contributed by atoms with Crippen molar-refractivity contribution in [3.05, 3.63) is 7.11 Å². The van der Waals surface area contributed by atoms with E-state index in [4.69, 9.17) is 11.6 Å². The Morgan fingerprint density at radius 1 is 1.60 bits per heavy atom. The number of hydrogen-bond donors (Lipinski definition) is 2. The molecule has 0 aliphatic heterocycles. The standard InChI is InChI=1S/C4H6ClN2O3/c1-10-7-4(9)6-3(8)2-5/h1-2H2,(H2,6,7,8,9). The van der Waals surface area contributed by atoms with E-state index in [-0.39, 0.29) is 5.88 Å². The Labute approximate surface area is 62.6 Å². The van der Waals surface area contributed by atoms with E-state index in [1.54, 1.807) is 5.48 Å². The van der Waals surface area contributed by atoms with Crippen molar-refractivity contribution in [2.45, 2.75) is 0 Å². The Balaban J connectivity index is 3.47. The molecule has 0 aliphatic rings. The van der Waals surface area contributed by atoms with Crippen molar-refractivity contribution >= 4 is 23.5 Å². The van der Waals surface area contributed by atoms with Gasteiger partial charge in [-0.1, -0.05) is 0 Å². The highest BCUT2D eigenvalue weighted by molar-refractivity contribution is 6.28. The molecule has 0 fully saturated rings. The largest absolute Gasteiger partial charge is 0.345 e. The van der Waals surface area contributed by atoms with Crippen molar-refractivity contribution < 1.29 is 14.4 Å². The number of hydrogen-bond acceptors (Lipinski definition) is 3. The van der Waals surface area contributed by atoms with Gasteiger partial charge in [-0.2, -0.15) is 0 Å². The van der Waals surface area contributed by atoms with Crippen molar-refractivity contribution in [1.29, 1.82) is 0 Å². The van der Waals surface area contributed by atoms with Crippen LogP contribution in [0.25, 0.3) is 0 Å². The second-order valence-corrected chi connectivity index (χ2v) is 1.52. The van der Waals surface area contributed by atoms with Crippen molar-refractivity contribution in [3.63, 3.8) is 0 Å². The molecule has 3 amide bonds. The summed E-state index contributed by atoms with van der Waals surface area (Å²) in [5, 5.41) is 1.84. The minimum absolute atomic E-state index is 0.273. The lowest BCUT2D eigenvalue weighted by Gasteiger charge is -2.00. The van der Waals surface area contributed by atoms with Crippen molar-refractivity contribution in [3.8, 4) is 0 Å². The van der Waals surface area contributed by atoms with Crippen molar-refractivity contribution in [1.82, 2.24) is 10.8 Å². The number of carbonyl (C=O) groups excluding carboxylic acids is 2. The molecule has 0 heterocycles. The summed E-state index contributed by atoms with van der Waals surface area (Å²) in [7, 11) is 2.84. The molecule has 1 radical (unpaired) electrons. The Hall–Kier alpha value is -0.810. The van der Waals surface area contributed by atoms with Crippen LogP contribution in [0, 0.1) is 7.11 Å². The van der Waals surface area contributed by atoms with Crippen LogP contribution in [0.3, 0.4) is 0 Å². The van der Waals surface area contributed by atoms with Crippen LogP contribution < -0.4 is 10.8 Å². The van der Waals surface area contributed by atoms with E-state index in [1.165, 1.54) is 0 Å². The molecule has 5 nitrogen and oxygen atoms in total. The summed E-state index contributed by atoms with van der Waals surface area (Å²) in [6.45, 7) is 0. The fourth-order valence-corrected chi connectivity index (χ4v) is 0.318. The summed E-state index contributed by atoms with van der Waals surface area (Å²) < 4.78 is 0. The van der Waals surface area contributed by atoms with Gasteiger partial charge in [0.25, 0.3) is 0 Å². The first-order valence-electron chi connectivity index (χ1n) is 2.27. The molecule has 0 aliphatic carbocycles. The molecule has 0 spiro atoms. The minimum Gasteiger partial charge on any atom is -0.275 e. The number of hydroxylamine groups is 1. The fourth-order valence-electron chi connectivity index (χ4n) is 0.251. The first kappa shape index (κ1) is 9.19. The van der Waals surface area contributed by atoms with Crippen molar-refractivity contribution in [2.75, 3.05) is 5.88 Å². The Bertz CT molecular complexity index is 138. The highest BCUT2D eigenvalue weighted by Gasteiger charge is 2.03.